The molecule has 1 spiro atoms. The lowest BCUT2D eigenvalue weighted by Gasteiger charge is -2.69. The number of amides is 2. The zero-order valence-corrected chi connectivity index (χ0v) is 22.5. The van der Waals surface area contributed by atoms with Gasteiger partial charge in [0.15, 0.2) is 0 Å². The molecular formula is C31H44N2O3. The predicted octanol–water partition coefficient (Wildman–Crippen LogP) is 4.71. The highest BCUT2D eigenvalue weighted by Gasteiger charge is 2.71. The number of imide groups is 1. The standard InChI is InChI=1S/C31H44N2O3/c1-20(34)33-19-28(2)8-4-9-31(27(33)36)24(28)7-12-29-10-5-21(15-25(29)31)22(17-29)18-30-11-6-23(35)16-26(30)32(3)14-13-30/h6,11,17,21,23-26,35H,4-5,7-10,12-16,18-19H2,1-3H3/t21-,23?,24+,25+,26?,28-,29+,30?,31-/m0/s1. The van der Waals surface area contributed by atoms with E-state index in [0.29, 0.717) is 30.3 Å². The van der Waals surface area contributed by atoms with Gasteiger partial charge in [0, 0.05) is 24.9 Å². The molecule has 9 atom stereocenters. The normalized spacial score (nSPS) is 51.4. The van der Waals surface area contributed by atoms with Crippen molar-refractivity contribution in [2.45, 2.75) is 96.6 Å². The largest absolute Gasteiger partial charge is 0.389 e. The second kappa shape index (κ2) is 7.56. The molecule has 196 valence electrons. The number of carbonyl (C=O) groups excluding carboxylic acids is 2. The lowest BCUT2D eigenvalue weighted by atomic mass is 9.36. The first-order valence-electron chi connectivity index (χ1n) is 14.7. The van der Waals surface area contributed by atoms with Gasteiger partial charge < -0.3 is 10.0 Å². The van der Waals surface area contributed by atoms with Crippen LogP contribution in [0, 0.1) is 39.4 Å². The van der Waals surface area contributed by atoms with E-state index >= 15 is 0 Å². The molecule has 0 radical (unpaired) electrons. The topological polar surface area (TPSA) is 60.9 Å². The molecule has 3 saturated carbocycles. The van der Waals surface area contributed by atoms with Crippen LogP contribution in [0.25, 0.3) is 0 Å². The van der Waals surface area contributed by atoms with Crippen LogP contribution >= 0.6 is 0 Å². The average Bonchev–Trinajstić information content (AvgIpc) is 3.16. The predicted molar refractivity (Wildman–Crippen MR) is 139 cm³/mol. The average molecular weight is 493 g/mol. The third-order valence-electron chi connectivity index (χ3n) is 12.8. The summed E-state index contributed by atoms with van der Waals surface area (Å²) in [5.74, 6) is 1.53. The van der Waals surface area contributed by atoms with Gasteiger partial charge in [0.25, 0.3) is 0 Å². The van der Waals surface area contributed by atoms with E-state index in [-0.39, 0.29) is 39.6 Å². The number of nitrogens with zero attached hydrogens (tertiary/aromatic N) is 2. The molecule has 4 bridgehead atoms. The van der Waals surface area contributed by atoms with Crippen molar-refractivity contribution in [3.8, 4) is 0 Å². The Morgan fingerprint density at radius 3 is 2.72 bits per heavy atom. The monoisotopic (exact) mass is 492 g/mol. The number of hydrogen-bond donors (Lipinski definition) is 1. The number of hydrogen-bond acceptors (Lipinski definition) is 4. The molecular weight excluding hydrogens is 448 g/mol. The Labute approximate surface area is 216 Å². The van der Waals surface area contributed by atoms with Crippen molar-refractivity contribution < 1.29 is 14.7 Å². The molecule has 2 saturated heterocycles. The van der Waals surface area contributed by atoms with Crippen molar-refractivity contribution in [2.24, 2.45) is 39.4 Å². The number of likely N-dealkylation sites (tertiary alicyclic amines) is 2. The van der Waals surface area contributed by atoms with E-state index in [1.807, 2.05) is 0 Å². The second-order valence-corrected chi connectivity index (χ2v) is 14.3. The summed E-state index contributed by atoms with van der Waals surface area (Å²) in [6.45, 7) is 5.72. The van der Waals surface area contributed by atoms with E-state index in [1.54, 1.807) is 17.4 Å². The van der Waals surface area contributed by atoms with Gasteiger partial charge in [-0.1, -0.05) is 37.1 Å². The van der Waals surface area contributed by atoms with Gasteiger partial charge in [-0.2, -0.15) is 0 Å². The number of fused-ring (bicyclic) bond motifs is 2. The van der Waals surface area contributed by atoms with Gasteiger partial charge in [-0.25, -0.2) is 0 Å². The van der Waals surface area contributed by atoms with Crippen LogP contribution in [0.3, 0.4) is 0 Å². The first kappa shape index (κ1) is 23.6. The number of rotatable bonds is 2. The number of allylic oxidation sites excluding steroid dienone is 2. The summed E-state index contributed by atoms with van der Waals surface area (Å²) in [7, 11) is 2.23. The fourth-order valence-corrected chi connectivity index (χ4v) is 11.3. The minimum atomic E-state index is -0.334. The van der Waals surface area contributed by atoms with E-state index in [0.717, 1.165) is 51.5 Å². The van der Waals surface area contributed by atoms with Crippen molar-refractivity contribution in [1.82, 2.24) is 9.80 Å². The molecule has 8 aliphatic rings. The Morgan fingerprint density at radius 1 is 1.11 bits per heavy atom. The van der Waals surface area contributed by atoms with Crippen molar-refractivity contribution in [2.75, 3.05) is 20.1 Å². The summed E-state index contributed by atoms with van der Waals surface area (Å²) in [4.78, 5) is 31.1. The number of carbonyl (C=O) groups is 2. The number of piperidine rings is 1. The van der Waals surface area contributed by atoms with E-state index in [9.17, 15) is 14.7 Å². The van der Waals surface area contributed by atoms with Gasteiger partial charge in [0.05, 0.1) is 11.5 Å². The van der Waals surface area contributed by atoms with E-state index < -0.39 is 0 Å². The fourth-order valence-electron chi connectivity index (χ4n) is 11.3. The maximum Gasteiger partial charge on any atom is 0.236 e. The van der Waals surface area contributed by atoms with Crippen LogP contribution in [-0.4, -0.2) is 59.0 Å². The molecule has 0 aromatic heterocycles. The number of aliphatic hydroxyl groups excluding tert-OH is 1. The summed E-state index contributed by atoms with van der Waals surface area (Å²) in [6.07, 6.45) is 19.2. The van der Waals surface area contributed by atoms with E-state index in [1.165, 1.54) is 25.7 Å². The minimum Gasteiger partial charge on any atom is -0.389 e. The Morgan fingerprint density at radius 2 is 1.92 bits per heavy atom. The summed E-state index contributed by atoms with van der Waals surface area (Å²) < 4.78 is 0. The molecule has 1 N–H and O–H groups in total. The third kappa shape index (κ3) is 2.91. The highest BCUT2D eigenvalue weighted by molar-refractivity contribution is 5.98. The van der Waals surface area contributed by atoms with Crippen molar-refractivity contribution in [3.63, 3.8) is 0 Å². The van der Waals surface area contributed by atoms with Crippen LogP contribution in [0.15, 0.2) is 23.8 Å². The van der Waals surface area contributed by atoms with Gasteiger partial charge in [-0.15, -0.1) is 0 Å². The Hall–Kier alpha value is -1.46. The lowest BCUT2D eigenvalue weighted by Crippen LogP contribution is -2.71. The molecule has 3 unspecified atom stereocenters. The van der Waals surface area contributed by atoms with Gasteiger partial charge in [-0.3, -0.25) is 14.5 Å². The summed E-state index contributed by atoms with van der Waals surface area (Å²) in [6, 6.07) is 0.421. The van der Waals surface area contributed by atoms with Gasteiger partial charge >= 0.3 is 0 Å². The third-order valence-corrected chi connectivity index (χ3v) is 12.8. The highest BCUT2D eigenvalue weighted by atomic mass is 16.3. The van der Waals surface area contributed by atoms with Crippen LogP contribution in [0.5, 0.6) is 0 Å². The summed E-state index contributed by atoms with van der Waals surface area (Å²) in [5.41, 5.74) is 1.67. The van der Waals surface area contributed by atoms with Crippen molar-refractivity contribution in [1.29, 1.82) is 0 Å². The Bertz CT molecular complexity index is 1070. The van der Waals surface area contributed by atoms with Crippen LogP contribution in [-0.2, 0) is 9.59 Å². The Kier molecular flexibility index (Phi) is 4.96. The summed E-state index contributed by atoms with van der Waals surface area (Å²) in [5, 5.41) is 10.4. The zero-order valence-electron chi connectivity index (χ0n) is 22.5. The van der Waals surface area contributed by atoms with E-state index in [4.69, 9.17) is 0 Å². The quantitative estimate of drug-likeness (QED) is 0.568. The maximum atomic E-state index is 14.3. The number of aliphatic hydroxyl groups is 1. The van der Waals surface area contributed by atoms with Crippen LogP contribution in [0.1, 0.15) is 84.5 Å². The van der Waals surface area contributed by atoms with Gasteiger partial charge in [-0.05, 0) is 106 Å². The molecule has 2 amide bonds. The van der Waals surface area contributed by atoms with Crippen LogP contribution in [0.2, 0.25) is 0 Å². The minimum absolute atomic E-state index is 0.0514. The van der Waals surface area contributed by atoms with Crippen LogP contribution in [0.4, 0.5) is 0 Å². The summed E-state index contributed by atoms with van der Waals surface area (Å²) >= 11 is 0. The van der Waals surface area contributed by atoms with Gasteiger partial charge in [0.2, 0.25) is 11.8 Å². The van der Waals surface area contributed by atoms with Crippen LogP contribution < -0.4 is 0 Å². The lowest BCUT2D eigenvalue weighted by molar-refractivity contribution is -0.210. The zero-order chi connectivity index (χ0) is 25.1. The fraction of sp³-hybridized carbons (Fsp3) is 0.806. The molecule has 5 fully saturated rings. The van der Waals surface area contributed by atoms with E-state index in [2.05, 4.69) is 37.1 Å². The Balaban J connectivity index is 1.27. The molecule has 6 aliphatic carbocycles. The first-order chi connectivity index (χ1) is 17.1. The first-order valence-corrected chi connectivity index (χ1v) is 14.7. The highest BCUT2D eigenvalue weighted by Crippen LogP contribution is 2.73. The van der Waals surface area contributed by atoms with Crippen molar-refractivity contribution in [3.05, 3.63) is 23.8 Å². The molecule has 0 aromatic carbocycles. The molecule has 5 heteroatoms. The smallest absolute Gasteiger partial charge is 0.236 e. The van der Waals surface area contributed by atoms with Gasteiger partial charge in [0.1, 0.15) is 0 Å². The molecule has 36 heavy (non-hydrogen) atoms. The maximum absolute atomic E-state index is 14.3. The molecule has 8 rings (SSSR count). The molecule has 2 heterocycles. The second-order valence-electron chi connectivity index (χ2n) is 14.3. The molecule has 5 nitrogen and oxygen atoms in total. The molecule has 2 aliphatic heterocycles. The van der Waals surface area contributed by atoms with Crippen molar-refractivity contribution >= 4 is 11.8 Å². The molecule has 0 aromatic rings. The SMILES string of the molecule is CC(=O)N1C[C@]2(C)CCC[C@]3(C1=O)[C@@H]2CC[C@@]12C=C(CC45C=CC(O)CC4N(C)CC5)[C@@H](CC1)C[C@H]23.